The zero-order valence-electron chi connectivity index (χ0n) is 17.2. The largest absolute Gasteiger partial charge is 0.354 e. The normalized spacial score (nSPS) is 13.9. The highest BCUT2D eigenvalue weighted by molar-refractivity contribution is 5.90. The minimum absolute atomic E-state index is 0.134. The summed E-state index contributed by atoms with van der Waals surface area (Å²) in [6, 6.07) is 9.64. The van der Waals surface area contributed by atoms with Crippen molar-refractivity contribution in [1.29, 1.82) is 0 Å². The molecule has 1 saturated heterocycles. The number of aryl methyl sites for hydroxylation is 2. The van der Waals surface area contributed by atoms with E-state index in [1.54, 1.807) is 16.9 Å². The molecule has 0 radical (unpaired) electrons. The lowest BCUT2D eigenvalue weighted by Crippen LogP contribution is -2.52. The van der Waals surface area contributed by atoms with Gasteiger partial charge >= 0.3 is 0 Å². The number of nitrogens with zero attached hydrogens (tertiary/aromatic N) is 8. The summed E-state index contributed by atoms with van der Waals surface area (Å²) in [5, 5.41) is 15.8. The first-order chi connectivity index (χ1) is 15.1. The van der Waals surface area contributed by atoms with Crippen molar-refractivity contribution in [2.24, 2.45) is 5.92 Å². The molecule has 0 atom stereocenters. The first kappa shape index (κ1) is 19.0. The third kappa shape index (κ3) is 3.79. The van der Waals surface area contributed by atoms with Gasteiger partial charge in [-0.25, -0.2) is 9.50 Å². The van der Waals surface area contributed by atoms with Gasteiger partial charge in [0.25, 0.3) is 11.7 Å². The Morgan fingerprint density at radius 1 is 1.10 bits per heavy atom. The van der Waals surface area contributed by atoms with Gasteiger partial charge in [0.1, 0.15) is 0 Å². The number of carbonyl (C=O) groups excluding carboxylic acids is 1. The minimum Gasteiger partial charge on any atom is -0.354 e. The van der Waals surface area contributed by atoms with Crippen LogP contribution in [0, 0.1) is 19.8 Å². The summed E-state index contributed by atoms with van der Waals surface area (Å²) in [5.74, 6) is 1.45. The van der Waals surface area contributed by atoms with Crippen molar-refractivity contribution in [1.82, 2.24) is 40.1 Å². The molecule has 1 fully saturated rings. The average molecular weight is 415 g/mol. The molecule has 4 aromatic rings. The lowest BCUT2D eigenvalue weighted by molar-refractivity contribution is 0.0934. The lowest BCUT2D eigenvalue weighted by atomic mass is 10.0. The molecular weight excluding hydrogens is 394 g/mol. The van der Waals surface area contributed by atoms with Crippen molar-refractivity contribution in [2.75, 3.05) is 24.5 Å². The van der Waals surface area contributed by atoms with Crippen LogP contribution in [-0.2, 0) is 0 Å². The molecule has 0 aromatic carbocycles. The molecular formula is C21H21N9O. The Hall–Kier alpha value is -3.95. The first-order valence-corrected chi connectivity index (χ1v) is 10.0. The first-order valence-electron chi connectivity index (χ1n) is 10.0. The Kier molecular flexibility index (Phi) is 4.73. The maximum atomic E-state index is 12.5. The quantitative estimate of drug-likeness (QED) is 0.521. The summed E-state index contributed by atoms with van der Waals surface area (Å²) in [7, 11) is 0. The molecule has 31 heavy (non-hydrogen) atoms. The van der Waals surface area contributed by atoms with Crippen LogP contribution in [0.2, 0.25) is 0 Å². The highest BCUT2D eigenvalue weighted by atomic mass is 16.2. The Bertz CT molecular complexity index is 1230. The number of hydrogen-bond acceptors (Lipinski definition) is 8. The topological polar surface area (TPSA) is 114 Å². The fourth-order valence-electron chi connectivity index (χ4n) is 3.64. The number of nitrogens with one attached hydrogen (secondary N) is 1. The predicted molar refractivity (Wildman–Crippen MR) is 114 cm³/mol. The number of anilines is 1. The van der Waals surface area contributed by atoms with Gasteiger partial charge in [-0.2, -0.15) is 4.98 Å². The molecule has 0 saturated carbocycles. The highest BCUT2D eigenvalue weighted by Crippen LogP contribution is 2.23. The Labute approximate surface area is 178 Å². The summed E-state index contributed by atoms with van der Waals surface area (Å²) in [4.78, 5) is 27.2. The molecule has 0 unspecified atom stereocenters. The molecule has 156 valence electrons. The van der Waals surface area contributed by atoms with Gasteiger partial charge in [0, 0.05) is 54.9 Å². The van der Waals surface area contributed by atoms with Crippen molar-refractivity contribution in [3.8, 4) is 11.3 Å². The Morgan fingerprint density at radius 3 is 2.65 bits per heavy atom. The molecule has 0 spiro atoms. The van der Waals surface area contributed by atoms with E-state index in [0.29, 0.717) is 18.2 Å². The SMILES string of the molecule is Cc1cc(C)n2nc(C(=O)NCC3CN(c4ccc(-c5ccncc5)nn4)C3)nc2n1. The van der Waals surface area contributed by atoms with Crippen molar-refractivity contribution in [3.63, 3.8) is 0 Å². The minimum atomic E-state index is -0.289. The van der Waals surface area contributed by atoms with E-state index in [0.717, 1.165) is 41.6 Å². The smallest absolute Gasteiger partial charge is 0.291 e. The van der Waals surface area contributed by atoms with Gasteiger partial charge in [-0.15, -0.1) is 15.3 Å². The van der Waals surface area contributed by atoms with Crippen LogP contribution in [-0.4, -0.2) is 60.3 Å². The molecule has 0 bridgehead atoms. The van der Waals surface area contributed by atoms with Crippen molar-refractivity contribution >= 4 is 17.5 Å². The average Bonchev–Trinajstić information content (AvgIpc) is 3.18. The zero-order chi connectivity index (χ0) is 21.4. The third-order valence-electron chi connectivity index (χ3n) is 5.28. The van der Waals surface area contributed by atoms with Crippen molar-refractivity contribution < 1.29 is 4.79 Å². The molecule has 10 nitrogen and oxygen atoms in total. The maximum absolute atomic E-state index is 12.5. The van der Waals surface area contributed by atoms with Crippen LogP contribution in [0.15, 0.2) is 42.7 Å². The third-order valence-corrected chi connectivity index (χ3v) is 5.28. The highest BCUT2D eigenvalue weighted by Gasteiger charge is 2.29. The number of rotatable bonds is 5. The van der Waals surface area contributed by atoms with Gasteiger partial charge in [0.15, 0.2) is 5.82 Å². The molecule has 1 N–H and O–H groups in total. The summed E-state index contributed by atoms with van der Waals surface area (Å²) < 4.78 is 1.58. The maximum Gasteiger partial charge on any atom is 0.291 e. The van der Waals surface area contributed by atoms with E-state index < -0.39 is 0 Å². The molecule has 1 amide bonds. The Morgan fingerprint density at radius 2 is 1.90 bits per heavy atom. The fourth-order valence-corrected chi connectivity index (χ4v) is 3.64. The number of aromatic nitrogens is 7. The van der Waals surface area contributed by atoms with Crippen molar-refractivity contribution in [3.05, 3.63) is 59.9 Å². The van der Waals surface area contributed by atoms with Crippen LogP contribution in [0.1, 0.15) is 22.0 Å². The van der Waals surface area contributed by atoms with E-state index in [1.165, 1.54) is 0 Å². The number of hydrogen-bond donors (Lipinski definition) is 1. The second-order valence-corrected chi connectivity index (χ2v) is 7.68. The summed E-state index contributed by atoms with van der Waals surface area (Å²) in [6.45, 7) is 5.97. The lowest BCUT2D eigenvalue weighted by Gasteiger charge is -2.39. The zero-order valence-corrected chi connectivity index (χ0v) is 17.2. The van der Waals surface area contributed by atoms with Gasteiger partial charge in [-0.1, -0.05) is 0 Å². The number of fused-ring (bicyclic) bond motifs is 1. The monoisotopic (exact) mass is 415 g/mol. The van der Waals surface area contributed by atoms with Crippen LogP contribution >= 0.6 is 0 Å². The van der Waals surface area contributed by atoms with Gasteiger partial charge in [0.2, 0.25) is 5.82 Å². The molecule has 1 aliphatic heterocycles. The molecule has 1 aliphatic rings. The van der Waals surface area contributed by atoms with E-state index in [-0.39, 0.29) is 11.7 Å². The van der Waals surface area contributed by atoms with Gasteiger partial charge in [0.05, 0.1) is 5.69 Å². The van der Waals surface area contributed by atoms with E-state index in [9.17, 15) is 4.79 Å². The summed E-state index contributed by atoms with van der Waals surface area (Å²) in [5.41, 5.74) is 3.53. The molecule has 5 heterocycles. The molecule has 4 aromatic heterocycles. The molecule has 10 heteroatoms. The standard InChI is InChI=1S/C21H21N9O/c1-13-9-14(2)30-21(24-13)25-19(28-30)20(31)23-10-15-11-29(12-15)18-4-3-17(26-27-18)16-5-7-22-8-6-16/h3-9,15H,10-12H2,1-2H3,(H,23,31). The fraction of sp³-hybridized carbons (Fsp3) is 0.286. The van der Waals surface area contributed by atoms with Crippen LogP contribution in [0.3, 0.4) is 0 Å². The van der Waals surface area contributed by atoms with Gasteiger partial charge in [-0.3, -0.25) is 9.78 Å². The second-order valence-electron chi connectivity index (χ2n) is 7.68. The van der Waals surface area contributed by atoms with Crippen LogP contribution in [0.4, 0.5) is 5.82 Å². The van der Waals surface area contributed by atoms with E-state index in [2.05, 4.69) is 40.5 Å². The van der Waals surface area contributed by atoms with E-state index >= 15 is 0 Å². The number of carbonyl (C=O) groups is 1. The summed E-state index contributed by atoms with van der Waals surface area (Å²) >= 11 is 0. The van der Waals surface area contributed by atoms with Gasteiger partial charge in [-0.05, 0) is 44.2 Å². The van der Waals surface area contributed by atoms with Gasteiger partial charge < -0.3 is 10.2 Å². The number of amides is 1. The Balaban J connectivity index is 1.15. The van der Waals surface area contributed by atoms with E-state index in [4.69, 9.17) is 0 Å². The van der Waals surface area contributed by atoms with Crippen LogP contribution in [0.25, 0.3) is 17.0 Å². The van der Waals surface area contributed by atoms with Crippen LogP contribution in [0.5, 0.6) is 0 Å². The molecule has 0 aliphatic carbocycles. The van der Waals surface area contributed by atoms with Crippen LogP contribution < -0.4 is 10.2 Å². The second kappa shape index (κ2) is 7.71. The summed E-state index contributed by atoms with van der Waals surface area (Å²) in [6.07, 6.45) is 3.47. The number of pyridine rings is 1. The molecule has 5 rings (SSSR count). The predicted octanol–water partition coefficient (Wildman–Crippen LogP) is 1.46. The van der Waals surface area contributed by atoms with E-state index in [1.807, 2.05) is 44.2 Å². The van der Waals surface area contributed by atoms with Crippen molar-refractivity contribution in [2.45, 2.75) is 13.8 Å².